The van der Waals surface area contributed by atoms with Crippen LogP contribution in [-0.4, -0.2) is 74.4 Å². The van der Waals surface area contributed by atoms with Gasteiger partial charge in [-0.25, -0.2) is 4.98 Å². The Labute approximate surface area is 204 Å². The summed E-state index contributed by atoms with van der Waals surface area (Å²) in [4.78, 5) is 36.8. The first kappa shape index (κ1) is 25.5. The molecule has 0 spiro atoms. The number of nitrogens with zero attached hydrogens (tertiary/aromatic N) is 3. The molecule has 1 saturated heterocycles. The minimum atomic E-state index is -4.52. The van der Waals surface area contributed by atoms with Crippen molar-refractivity contribution >= 4 is 22.8 Å². The molecule has 2 heterocycles. The van der Waals surface area contributed by atoms with E-state index in [1.165, 1.54) is 31.3 Å². The molecule has 4 rings (SSSR count). The molecule has 9 nitrogen and oxygen atoms in total. The molecule has 1 fully saturated rings. The van der Waals surface area contributed by atoms with Crippen molar-refractivity contribution in [3.05, 3.63) is 57.9 Å². The summed E-state index contributed by atoms with van der Waals surface area (Å²) >= 11 is 0. The minimum Gasteiger partial charge on any atom is -0.493 e. The molecule has 1 aromatic heterocycles. The van der Waals surface area contributed by atoms with Crippen molar-refractivity contribution in [2.45, 2.75) is 6.18 Å². The second-order valence-corrected chi connectivity index (χ2v) is 8.10. The van der Waals surface area contributed by atoms with E-state index in [9.17, 15) is 22.8 Å². The number of anilines is 1. The molecule has 1 amide bonds. The summed E-state index contributed by atoms with van der Waals surface area (Å²) in [7, 11) is 2.89. The van der Waals surface area contributed by atoms with Gasteiger partial charge in [-0.3, -0.25) is 24.4 Å². The van der Waals surface area contributed by atoms with Gasteiger partial charge in [-0.05, 0) is 30.3 Å². The zero-order valence-electron chi connectivity index (χ0n) is 19.7. The van der Waals surface area contributed by atoms with Crippen molar-refractivity contribution in [3.8, 4) is 11.5 Å². The number of carbonyl (C=O) groups is 1. The van der Waals surface area contributed by atoms with Gasteiger partial charge in [-0.1, -0.05) is 0 Å². The first-order chi connectivity index (χ1) is 17.2. The lowest BCUT2D eigenvalue weighted by Gasteiger charge is -2.29. The van der Waals surface area contributed by atoms with Crippen LogP contribution < -0.4 is 19.9 Å². The number of alkyl halides is 3. The zero-order valence-corrected chi connectivity index (χ0v) is 19.7. The van der Waals surface area contributed by atoms with Crippen molar-refractivity contribution in [3.63, 3.8) is 0 Å². The van der Waals surface area contributed by atoms with E-state index in [4.69, 9.17) is 14.2 Å². The molecule has 0 unspecified atom stereocenters. The number of fused-ring (bicyclic) bond motifs is 1. The number of carbonyl (C=O) groups excluding carboxylic acids is 1. The monoisotopic (exact) mass is 506 g/mol. The predicted molar refractivity (Wildman–Crippen MR) is 126 cm³/mol. The third-order valence-electron chi connectivity index (χ3n) is 5.90. The van der Waals surface area contributed by atoms with Gasteiger partial charge in [0.25, 0.3) is 11.5 Å². The summed E-state index contributed by atoms with van der Waals surface area (Å²) < 4.78 is 54.9. The molecule has 0 atom stereocenters. The standard InChI is InChI=1S/C24H25F3N4O5/c1-34-19-13-17-18(14-20(19)35-2)28-23(29-21(17)32)31(8-7-30-9-11-36-12-10-30)22(33)15-3-5-16(6-4-15)24(25,26)27/h3-6,13-14H,7-12H2,1-2H3,(H,28,29,32). The van der Waals surface area contributed by atoms with Crippen LogP contribution in [0.3, 0.4) is 0 Å². The van der Waals surface area contributed by atoms with Gasteiger partial charge in [-0.2, -0.15) is 13.2 Å². The fourth-order valence-corrected chi connectivity index (χ4v) is 3.91. The highest BCUT2D eigenvalue weighted by atomic mass is 19.4. The number of halogens is 3. The number of morpholine rings is 1. The van der Waals surface area contributed by atoms with E-state index in [-0.39, 0.29) is 29.0 Å². The first-order valence-corrected chi connectivity index (χ1v) is 11.2. The Morgan fingerprint density at radius 2 is 1.75 bits per heavy atom. The molecular weight excluding hydrogens is 481 g/mol. The lowest BCUT2D eigenvalue weighted by molar-refractivity contribution is -0.137. The maximum Gasteiger partial charge on any atom is 0.416 e. The molecule has 1 aliphatic rings. The minimum absolute atomic E-state index is 0.0278. The molecule has 0 aliphatic carbocycles. The number of hydrogen-bond donors (Lipinski definition) is 1. The number of rotatable bonds is 7. The lowest BCUT2D eigenvalue weighted by Crippen LogP contribution is -2.44. The largest absolute Gasteiger partial charge is 0.493 e. The van der Waals surface area contributed by atoms with Gasteiger partial charge in [0.2, 0.25) is 5.95 Å². The molecule has 36 heavy (non-hydrogen) atoms. The van der Waals surface area contributed by atoms with E-state index in [1.54, 1.807) is 0 Å². The molecule has 0 saturated carbocycles. The van der Waals surface area contributed by atoms with Gasteiger partial charge in [0.05, 0.1) is 43.9 Å². The zero-order chi connectivity index (χ0) is 25.9. The highest BCUT2D eigenvalue weighted by molar-refractivity contribution is 6.05. The van der Waals surface area contributed by atoms with Crippen LogP contribution in [0.1, 0.15) is 15.9 Å². The summed E-state index contributed by atoms with van der Waals surface area (Å²) in [5.41, 5.74) is -1.08. The third kappa shape index (κ3) is 5.44. The summed E-state index contributed by atoms with van der Waals surface area (Å²) in [5.74, 6) is 0.0656. The van der Waals surface area contributed by atoms with Crippen molar-refractivity contribution in [2.75, 3.05) is 58.5 Å². The predicted octanol–water partition coefficient (Wildman–Crippen LogP) is 2.94. The van der Waals surface area contributed by atoms with Gasteiger partial charge in [-0.15, -0.1) is 0 Å². The molecule has 0 radical (unpaired) electrons. The van der Waals surface area contributed by atoms with Crippen LogP contribution in [0.2, 0.25) is 0 Å². The number of hydrogen-bond acceptors (Lipinski definition) is 7. The number of aromatic nitrogens is 2. The Hall–Kier alpha value is -3.64. The van der Waals surface area contributed by atoms with E-state index in [0.29, 0.717) is 44.3 Å². The van der Waals surface area contributed by atoms with E-state index < -0.39 is 23.2 Å². The lowest BCUT2D eigenvalue weighted by atomic mass is 10.1. The first-order valence-electron chi connectivity index (χ1n) is 11.2. The van der Waals surface area contributed by atoms with Crippen molar-refractivity contribution in [1.29, 1.82) is 0 Å². The van der Waals surface area contributed by atoms with E-state index in [1.807, 2.05) is 0 Å². The van der Waals surface area contributed by atoms with Crippen LogP contribution >= 0.6 is 0 Å². The maximum atomic E-state index is 13.4. The molecule has 192 valence electrons. The molecule has 2 aromatic carbocycles. The van der Waals surface area contributed by atoms with Crippen molar-refractivity contribution < 1.29 is 32.2 Å². The van der Waals surface area contributed by atoms with Crippen LogP contribution in [0.15, 0.2) is 41.2 Å². The highest BCUT2D eigenvalue weighted by Crippen LogP contribution is 2.31. The average molecular weight is 506 g/mol. The number of amides is 1. The fraction of sp³-hybridized carbons (Fsp3) is 0.375. The Bertz CT molecular complexity index is 1290. The summed E-state index contributed by atoms with van der Waals surface area (Å²) in [5, 5.41) is 0.228. The number of H-pyrrole nitrogens is 1. The van der Waals surface area contributed by atoms with Gasteiger partial charge in [0, 0.05) is 37.8 Å². The molecule has 3 aromatic rings. The second-order valence-electron chi connectivity index (χ2n) is 8.10. The van der Waals surface area contributed by atoms with Crippen LogP contribution in [0.5, 0.6) is 11.5 Å². The van der Waals surface area contributed by atoms with E-state index in [2.05, 4.69) is 14.9 Å². The van der Waals surface area contributed by atoms with E-state index >= 15 is 0 Å². The Morgan fingerprint density at radius 3 is 2.36 bits per heavy atom. The Kier molecular flexibility index (Phi) is 7.45. The highest BCUT2D eigenvalue weighted by Gasteiger charge is 2.31. The van der Waals surface area contributed by atoms with Crippen molar-refractivity contribution in [1.82, 2.24) is 14.9 Å². The summed E-state index contributed by atoms with van der Waals surface area (Å²) in [6.07, 6.45) is -4.52. The topological polar surface area (TPSA) is 97.0 Å². The normalized spacial score (nSPS) is 14.6. The van der Waals surface area contributed by atoms with Gasteiger partial charge in [0.15, 0.2) is 11.5 Å². The maximum absolute atomic E-state index is 13.4. The average Bonchev–Trinajstić information content (AvgIpc) is 2.88. The quantitative estimate of drug-likeness (QED) is 0.526. The van der Waals surface area contributed by atoms with Gasteiger partial charge < -0.3 is 14.2 Å². The number of methoxy groups -OCH3 is 2. The number of ether oxygens (including phenoxy) is 3. The Balaban J connectivity index is 1.73. The van der Waals surface area contributed by atoms with E-state index in [0.717, 1.165) is 24.3 Å². The van der Waals surface area contributed by atoms with Crippen LogP contribution in [0.25, 0.3) is 10.9 Å². The SMILES string of the molecule is COc1cc2nc(N(CCN3CCOCC3)C(=O)c3ccc(C(F)(F)F)cc3)[nH]c(=O)c2cc1OC. The number of benzene rings is 2. The third-order valence-corrected chi connectivity index (χ3v) is 5.90. The molecular formula is C24H25F3N4O5. The molecule has 12 heteroatoms. The Morgan fingerprint density at radius 1 is 1.11 bits per heavy atom. The van der Waals surface area contributed by atoms with Gasteiger partial charge in [0.1, 0.15) is 0 Å². The molecule has 1 N–H and O–H groups in total. The summed E-state index contributed by atoms with van der Waals surface area (Å²) in [6.45, 7) is 3.03. The number of aromatic amines is 1. The van der Waals surface area contributed by atoms with Crippen molar-refractivity contribution in [2.24, 2.45) is 0 Å². The smallest absolute Gasteiger partial charge is 0.416 e. The second kappa shape index (κ2) is 10.5. The fourth-order valence-electron chi connectivity index (χ4n) is 3.91. The van der Waals surface area contributed by atoms with Gasteiger partial charge >= 0.3 is 6.18 Å². The van der Waals surface area contributed by atoms with Crippen LogP contribution in [0, 0.1) is 0 Å². The summed E-state index contributed by atoms with van der Waals surface area (Å²) in [6, 6.07) is 6.93. The van der Waals surface area contributed by atoms with Crippen LogP contribution in [0.4, 0.5) is 19.1 Å². The molecule has 0 bridgehead atoms. The number of nitrogens with one attached hydrogen (secondary N) is 1. The molecule has 1 aliphatic heterocycles. The van der Waals surface area contributed by atoms with Crippen LogP contribution in [-0.2, 0) is 10.9 Å².